The second kappa shape index (κ2) is 7.80. The summed E-state index contributed by atoms with van der Waals surface area (Å²) in [6.45, 7) is 1.81. The van der Waals surface area contributed by atoms with Gasteiger partial charge in [-0.15, -0.1) is 5.92 Å². The summed E-state index contributed by atoms with van der Waals surface area (Å²) in [5.74, 6) is 3.92. The van der Waals surface area contributed by atoms with Crippen molar-refractivity contribution in [3.63, 3.8) is 0 Å². The zero-order valence-corrected chi connectivity index (χ0v) is 15.8. The molecule has 0 N–H and O–H groups in total. The van der Waals surface area contributed by atoms with Crippen LogP contribution in [0.4, 0.5) is 0 Å². The number of amides is 1. The molecule has 0 radical (unpaired) electrons. The number of Topliss-reactive ketones (excluding diaryl/α,β-unsaturated/α-hetero) is 1. The van der Waals surface area contributed by atoms with E-state index in [9.17, 15) is 9.59 Å². The Hall–Kier alpha value is -2.86. The zero-order valence-electron chi connectivity index (χ0n) is 14.3. The van der Waals surface area contributed by atoms with Crippen LogP contribution < -0.4 is 0 Å². The van der Waals surface area contributed by atoms with Gasteiger partial charge in [0.15, 0.2) is 5.78 Å². The highest BCUT2D eigenvalue weighted by molar-refractivity contribution is 6.37. The Bertz CT molecular complexity index is 1010. The van der Waals surface area contributed by atoms with Gasteiger partial charge in [0, 0.05) is 27.4 Å². The zero-order chi connectivity index (χ0) is 19.6. The number of aromatic nitrogens is 1. The molecule has 1 aromatic carbocycles. The fourth-order valence-electron chi connectivity index (χ4n) is 2.95. The van der Waals surface area contributed by atoms with E-state index in [0.717, 1.165) is 0 Å². The lowest BCUT2D eigenvalue weighted by atomic mass is 9.95. The van der Waals surface area contributed by atoms with Crippen molar-refractivity contribution in [2.45, 2.75) is 19.4 Å². The number of ketones is 1. The first-order valence-electron chi connectivity index (χ1n) is 8.02. The molecule has 1 fully saturated rings. The first-order chi connectivity index (χ1) is 12.9. The van der Waals surface area contributed by atoms with Crippen molar-refractivity contribution in [1.82, 2.24) is 9.88 Å². The second-order valence-electron chi connectivity index (χ2n) is 5.97. The van der Waals surface area contributed by atoms with Crippen molar-refractivity contribution >= 4 is 34.9 Å². The smallest absolute Gasteiger partial charge is 0.238 e. The van der Waals surface area contributed by atoms with Crippen LogP contribution in [0, 0.1) is 23.2 Å². The lowest BCUT2D eigenvalue weighted by Crippen LogP contribution is -2.26. The minimum absolute atomic E-state index is 0.0473. The van der Waals surface area contributed by atoms with E-state index in [1.165, 1.54) is 11.1 Å². The van der Waals surface area contributed by atoms with E-state index in [1.807, 2.05) is 6.07 Å². The third-order valence-electron chi connectivity index (χ3n) is 4.17. The van der Waals surface area contributed by atoms with Gasteiger partial charge in [0.25, 0.3) is 0 Å². The second-order valence-corrected chi connectivity index (χ2v) is 6.79. The van der Waals surface area contributed by atoms with Crippen molar-refractivity contribution in [3.05, 3.63) is 62.9 Å². The third-order valence-corrected chi connectivity index (χ3v) is 4.80. The highest BCUT2D eigenvalue weighted by Gasteiger charge is 2.42. The minimum atomic E-state index is -1.04. The van der Waals surface area contributed by atoms with E-state index in [2.05, 4.69) is 16.8 Å². The van der Waals surface area contributed by atoms with Crippen LogP contribution in [0.1, 0.15) is 35.2 Å². The van der Waals surface area contributed by atoms with Gasteiger partial charge in [-0.2, -0.15) is 5.26 Å². The molecule has 0 bridgehead atoms. The Kier molecular flexibility index (Phi) is 5.46. The standard InChI is InChI=1S/C20H13Cl2N3O2/c1-2-3-12-6-15(21)18(16(22)7-12)19-17(26)11-25(20(19)27)10-14-5-4-13(8-23)9-24-14/h4-7,9,19H,10-11H2,1H3. The van der Waals surface area contributed by atoms with Crippen molar-refractivity contribution in [2.24, 2.45) is 0 Å². The number of nitrogens with zero attached hydrogens (tertiary/aromatic N) is 3. The number of hydrogen-bond acceptors (Lipinski definition) is 4. The molecule has 1 unspecified atom stereocenters. The van der Waals surface area contributed by atoms with Gasteiger partial charge in [0.2, 0.25) is 5.91 Å². The molecule has 2 aromatic rings. The lowest BCUT2D eigenvalue weighted by Gasteiger charge is -2.16. The number of pyridine rings is 1. The average Bonchev–Trinajstić information content (AvgIpc) is 2.90. The topological polar surface area (TPSA) is 74.1 Å². The van der Waals surface area contributed by atoms with Gasteiger partial charge in [0.05, 0.1) is 24.3 Å². The fraction of sp³-hybridized carbons (Fsp3) is 0.200. The summed E-state index contributed by atoms with van der Waals surface area (Å²) in [6.07, 6.45) is 1.43. The van der Waals surface area contributed by atoms with E-state index in [-0.39, 0.29) is 34.8 Å². The first-order valence-corrected chi connectivity index (χ1v) is 8.78. The summed E-state index contributed by atoms with van der Waals surface area (Å²) in [4.78, 5) is 30.9. The van der Waals surface area contributed by atoms with Crippen LogP contribution in [-0.4, -0.2) is 28.1 Å². The molecule has 3 rings (SSSR count). The fourth-order valence-corrected chi connectivity index (χ4v) is 3.66. The molecular formula is C20H13Cl2N3O2. The predicted octanol–water partition coefficient (Wildman–Crippen LogP) is 3.33. The number of halogens is 2. The van der Waals surface area contributed by atoms with E-state index < -0.39 is 5.92 Å². The molecule has 134 valence electrons. The van der Waals surface area contributed by atoms with Crippen LogP contribution in [0.3, 0.4) is 0 Å². The van der Waals surface area contributed by atoms with Crippen LogP contribution in [0.5, 0.6) is 0 Å². The summed E-state index contributed by atoms with van der Waals surface area (Å²) in [5.41, 5.74) is 1.94. The van der Waals surface area contributed by atoms with E-state index in [4.69, 9.17) is 28.5 Å². The minimum Gasteiger partial charge on any atom is -0.329 e. The molecule has 1 aliphatic rings. The molecule has 0 saturated carbocycles. The molecule has 27 heavy (non-hydrogen) atoms. The van der Waals surface area contributed by atoms with Crippen LogP contribution in [0.25, 0.3) is 0 Å². The van der Waals surface area contributed by atoms with Gasteiger partial charge in [-0.1, -0.05) is 29.1 Å². The van der Waals surface area contributed by atoms with E-state index >= 15 is 0 Å². The van der Waals surface area contributed by atoms with Crippen LogP contribution in [0.15, 0.2) is 30.5 Å². The first kappa shape index (κ1) is 18.9. The molecule has 0 aliphatic carbocycles. The van der Waals surface area contributed by atoms with Gasteiger partial charge < -0.3 is 4.90 Å². The molecule has 7 heteroatoms. The molecule has 0 spiro atoms. The summed E-state index contributed by atoms with van der Waals surface area (Å²) >= 11 is 12.6. The Labute approximate surface area is 166 Å². The Morgan fingerprint density at radius 2 is 1.93 bits per heavy atom. The summed E-state index contributed by atoms with van der Waals surface area (Å²) in [5, 5.41) is 9.30. The summed E-state index contributed by atoms with van der Waals surface area (Å²) in [6, 6.07) is 8.45. The Morgan fingerprint density at radius 3 is 2.48 bits per heavy atom. The van der Waals surface area contributed by atoms with Crippen molar-refractivity contribution in [3.8, 4) is 17.9 Å². The van der Waals surface area contributed by atoms with Gasteiger partial charge >= 0.3 is 0 Å². The number of benzene rings is 1. The lowest BCUT2D eigenvalue weighted by molar-refractivity contribution is -0.129. The van der Waals surface area contributed by atoms with Gasteiger partial charge in [-0.25, -0.2) is 0 Å². The van der Waals surface area contributed by atoms with Gasteiger partial charge in [-0.3, -0.25) is 14.6 Å². The van der Waals surface area contributed by atoms with Crippen LogP contribution in [0.2, 0.25) is 10.0 Å². The van der Waals surface area contributed by atoms with Crippen molar-refractivity contribution < 1.29 is 9.59 Å². The highest BCUT2D eigenvalue weighted by Crippen LogP contribution is 2.37. The maximum Gasteiger partial charge on any atom is 0.238 e. The third kappa shape index (κ3) is 3.80. The van der Waals surface area contributed by atoms with Crippen molar-refractivity contribution in [1.29, 1.82) is 5.26 Å². The monoisotopic (exact) mass is 397 g/mol. The number of nitriles is 1. The molecule has 1 aliphatic heterocycles. The Balaban J connectivity index is 1.88. The maximum atomic E-state index is 12.8. The average molecular weight is 398 g/mol. The molecule has 1 saturated heterocycles. The number of likely N-dealkylation sites (tertiary alicyclic amines) is 1. The molecule has 2 heterocycles. The summed E-state index contributed by atoms with van der Waals surface area (Å²) < 4.78 is 0. The number of hydrogen-bond donors (Lipinski definition) is 0. The Morgan fingerprint density at radius 1 is 1.22 bits per heavy atom. The molecular weight excluding hydrogens is 385 g/mol. The quantitative estimate of drug-likeness (QED) is 0.587. The molecule has 1 aromatic heterocycles. The van der Waals surface area contributed by atoms with E-state index in [1.54, 1.807) is 31.2 Å². The number of carbonyl (C=O) groups excluding carboxylic acids is 2. The van der Waals surface area contributed by atoms with Gasteiger partial charge in [0.1, 0.15) is 12.0 Å². The van der Waals surface area contributed by atoms with Gasteiger partial charge in [-0.05, 0) is 31.2 Å². The number of carbonyl (C=O) groups is 2. The molecule has 5 nitrogen and oxygen atoms in total. The van der Waals surface area contributed by atoms with Crippen LogP contribution >= 0.6 is 23.2 Å². The SMILES string of the molecule is CC#Cc1cc(Cl)c(C2C(=O)CN(Cc3ccc(C#N)cn3)C2=O)c(Cl)c1. The molecule has 1 atom stereocenters. The number of rotatable bonds is 3. The molecule has 1 amide bonds. The normalized spacial score (nSPS) is 16.1. The van der Waals surface area contributed by atoms with Crippen LogP contribution in [-0.2, 0) is 16.1 Å². The summed E-state index contributed by atoms with van der Waals surface area (Å²) in [7, 11) is 0. The largest absolute Gasteiger partial charge is 0.329 e. The predicted molar refractivity (Wildman–Crippen MR) is 101 cm³/mol. The maximum absolute atomic E-state index is 12.8. The van der Waals surface area contributed by atoms with Crippen molar-refractivity contribution in [2.75, 3.05) is 6.54 Å². The highest BCUT2D eigenvalue weighted by atomic mass is 35.5. The van der Waals surface area contributed by atoms with E-state index in [0.29, 0.717) is 22.4 Å².